The highest BCUT2D eigenvalue weighted by Crippen LogP contribution is 2.33. The zero-order chi connectivity index (χ0) is 40.9. The fraction of sp³-hybridized carbons (Fsp3) is 0.333. The number of hydrazone groups is 1. The molecule has 16 nitrogen and oxygen atoms in total. The van der Waals surface area contributed by atoms with Crippen molar-refractivity contribution >= 4 is 64.7 Å². The quantitative estimate of drug-likeness (QED) is 0.0384. The lowest BCUT2D eigenvalue weighted by Crippen LogP contribution is -2.47. The van der Waals surface area contributed by atoms with E-state index in [0.29, 0.717) is 35.3 Å². The highest BCUT2D eigenvalue weighted by molar-refractivity contribution is 6.68. The molecule has 55 heavy (non-hydrogen) atoms. The van der Waals surface area contributed by atoms with Crippen LogP contribution in [-0.2, 0) is 24.6 Å². The van der Waals surface area contributed by atoms with Gasteiger partial charge in [-0.15, -0.1) is 0 Å². The van der Waals surface area contributed by atoms with Crippen molar-refractivity contribution in [2.45, 2.75) is 52.0 Å². The topological polar surface area (TPSA) is 220 Å². The summed E-state index contributed by atoms with van der Waals surface area (Å²) < 4.78 is 16.3. The van der Waals surface area contributed by atoms with Crippen LogP contribution < -0.4 is 36.0 Å². The number of hydrogen-bond donors (Lipinski definition) is 4. The fourth-order valence-corrected chi connectivity index (χ4v) is 5.39. The van der Waals surface area contributed by atoms with Crippen molar-refractivity contribution in [2.75, 3.05) is 45.5 Å². The molecule has 0 saturated carbocycles. The minimum Gasteiger partial charge on any atom is -0.497 e. The van der Waals surface area contributed by atoms with E-state index in [9.17, 15) is 28.8 Å². The number of methoxy groups -OCH3 is 2. The monoisotopic (exact) mass is 757 g/mol. The second kappa shape index (κ2) is 19.5. The first-order chi connectivity index (χ1) is 26.1. The van der Waals surface area contributed by atoms with Gasteiger partial charge in [-0.25, -0.2) is 9.79 Å². The summed E-state index contributed by atoms with van der Waals surface area (Å²) in [6, 6.07) is 13.3. The maximum atomic E-state index is 13.7. The largest absolute Gasteiger partial charge is 0.497 e. The SMILES string of the molecule is CNC(=O)C(CCC=O)N(C)C(=O)c1c(C=O)cccc1NCC(=O)Oc1cc(NC(=O)/C(=N/N)C(C)=Nc2cc(OC)ccc2OC)cc(C(C)(C)C)c1. The second-order valence-corrected chi connectivity index (χ2v) is 13.2. The molecule has 0 spiro atoms. The van der Waals surface area contributed by atoms with Crippen molar-refractivity contribution < 1.29 is 43.0 Å². The van der Waals surface area contributed by atoms with Crippen LogP contribution in [0.1, 0.15) is 66.8 Å². The second-order valence-electron chi connectivity index (χ2n) is 13.2. The molecular weight excluding hydrogens is 710 g/mol. The average Bonchev–Trinajstić information content (AvgIpc) is 3.16. The third-order valence-electron chi connectivity index (χ3n) is 8.38. The number of likely N-dealkylation sites (N-methyl/N-ethyl adjacent to an activating group) is 2. The van der Waals surface area contributed by atoms with Crippen LogP contribution >= 0.6 is 0 Å². The maximum absolute atomic E-state index is 13.7. The molecule has 0 fully saturated rings. The number of nitrogens with two attached hydrogens (primary N) is 1. The summed E-state index contributed by atoms with van der Waals surface area (Å²) in [6.45, 7) is 6.94. The Balaban J connectivity index is 1.87. The molecule has 3 amide bonds. The molecule has 16 heteroatoms. The highest BCUT2D eigenvalue weighted by atomic mass is 16.5. The summed E-state index contributed by atoms with van der Waals surface area (Å²) in [4.78, 5) is 81.6. The van der Waals surface area contributed by atoms with Crippen LogP contribution in [0.3, 0.4) is 0 Å². The van der Waals surface area contributed by atoms with Crippen LogP contribution in [0.25, 0.3) is 0 Å². The van der Waals surface area contributed by atoms with Crippen LogP contribution in [0.4, 0.5) is 17.1 Å². The average molecular weight is 758 g/mol. The number of aldehydes is 2. The number of carbonyl (C=O) groups is 6. The summed E-state index contributed by atoms with van der Waals surface area (Å²) in [5.41, 5.74) is 1.02. The molecule has 292 valence electrons. The Labute approximate surface area is 319 Å². The fourth-order valence-electron chi connectivity index (χ4n) is 5.39. The number of rotatable bonds is 17. The van der Waals surface area contributed by atoms with Gasteiger partial charge in [-0.05, 0) is 54.7 Å². The van der Waals surface area contributed by atoms with Gasteiger partial charge in [0, 0.05) is 49.6 Å². The van der Waals surface area contributed by atoms with Gasteiger partial charge in [0.1, 0.15) is 41.8 Å². The number of nitrogens with zero attached hydrogens (tertiary/aromatic N) is 3. The van der Waals surface area contributed by atoms with E-state index >= 15 is 0 Å². The molecule has 1 unspecified atom stereocenters. The van der Waals surface area contributed by atoms with E-state index in [1.165, 1.54) is 52.6 Å². The van der Waals surface area contributed by atoms with E-state index in [1.54, 1.807) is 37.3 Å². The molecule has 3 aromatic carbocycles. The van der Waals surface area contributed by atoms with Gasteiger partial charge in [0.25, 0.3) is 11.8 Å². The van der Waals surface area contributed by atoms with Gasteiger partial charge in [0.2, 0.25) is 5.91 Å². The minimum atomic E-state index is -0.995. The van der Waals surface area contributed by atoms with Crippen molar-refractivity contribution in [3.8, 4) is 17.2 Å². The van der Waals surface area contributed by atoms with E-state index in [2.05, 4.69) is 26.0 Å². The predicted molar refractivity (Wildman–Crippen MR) is 209 cm³/mol. The lowest BCUT2D eigenvalue weighted by atomic mass is 9.86. The first-order valence-corrected chi connectivity index (χ1v) is 17.1. The molecule has 0 aromatic heterocycles. The molecule has 0 aliphatic carbocycles. The molecule has 0 aliphatic heterocycles. The normalized spacial score (nSPS) is 12.1. The molecule has 3 aromatic rings. The molecule has 0 bridgehead atoms. The van der Waals surface area contributed by atoms with Crippen LogP contribution in [0, 0.1) is 0 Å². The molecule has 0 saturated heterocycles. The molecule has 3 rings (SSSR count). The Morgan fingerprint density at radius 1 is 0.982 bits per heavy atom. The number of amides is 3. The van der Waals surface area contributed by atoms with Gasteiger partial charge in [0.15, 0.2) is 12.0 Å². The molecule has 0 radical (unpaired) electrons. The molecular formula is C39H47N7O9. The Hall–Kier alpha value is -6.58. The van der Waals surface area contributed by atoms with Gasteiger partial charge < -0.3 is 45.7 Å². The predicted octanol–water partition coefficient (Wildman–Crippen LogP) is 4.04. The summed E-state index contributed by atoms with van der Waals surface area (Å²) in [7, 11) is 5.79. The number of anilines is 2. The van der Waals surface area contributed by atoms with E-state index in [0.717, 1.165) is 4.90 Å². The van der Waals surface area contributed by atoms with E-state index < -0.39 is 41.7 Å². The molecule has 0 heterocycles. The van der Waals surface area contributed by atoms with Gasteiger partial charge in [-0.3, -0.25) is 19.2 Å². The number of esters is 1. The summed E-state index contributed by atoms with van der Waals surface area (Å²) >= 11 is 0. The first-order valence-electron chi connectivity index (χ1n) is 17.1. The van der Waals surface area contributed by atoms with Crippen molar-refractivity contribution in [1.29, 1.82) is 0 Å². The molecule has 0 aliphatic rings. The van der Waals surface area contributed by atoms with Crippen molar-refractivity contribution in [3.63, 3.8) is 0 Å². The summed E-state index contributed by atoms with van der Waals surface area (Å²) in [6.07, 6.45) is 1.22. The van der Waals surface area contributed by atoms with Gasteiger partial charge in [0.05, 0.1) is 25.5 Å². The molecule has 1 atom stereocenters. The zero-order valence-electron chi connectivity index (χ0n) is 32.1. The lowest BCUT2D eigenvalue weighted by Gasteiger charge is -2.27. The lowest BCUT2D eigenvalue weighted by molar-refractivity contribution is -0.132. The maximum Gasteiger partial charge on any atom is 0.330 e. The van der Waals surface area contributed by atoms with Crippen LogP contribution in [0.2, 0.25) is 0 Å². The van der Waals surface area contributed by atoms with Crippen molar-refractivity contribution in [3.05, 3.63) is 71.3 Å². The van der Waals surface area contributed by atoms with Crippen LogP contribution in [-0.4, -0.2) is 93.5 Å². The van der Waals surface area contributed by atoms with Gasteiger partial charge >= 0.3 is 5.97 Å². The van der Waals surface area contributed by atoms with Gasteiger partial charge in [-0.1, -0.05) is 32.9 Å². The third kappa shape index (κ3) is 11.2. The van der Waals surface area contributed by atoms with Crippen LogP contribution in [0.5, 0.6) is 17.2 Å². The van der Waals surface area contributed by atoms with E-state index in [4.69, 9.17) is 20.1 Å². The Morgan fingerprint density at radius 3 is 2.31 bits per heavy atom. The summed E-state index contributed by atoms with van der Waals surface area (Å²) in [5.74, 6) is 4.09. The number of carbonyl (C=O) groups excluding carboxylic acids is 6. The smallest absolute Gasteiger partial charge is 0.330 e. The molecule has 5 N–H and O–H groups in total. The Bertz CT molecular complexity index is 1990. The van der Waals surface area contributed by atoms with E-state index in [1.807, 2.05) is 20.8 Å². The van der Waals surface area contributed by atoms with Gasteiger partial charge in [-0.2, -0.15) is 5.10 Å². The number of aliphatic imine (C=N–C) groups is 1. The summed E-state index contributed by atoms with van der Waals surface area (Å²) in [5, 5.41) is 11.8. The van der Waals surface area contributed by atoms with Crippen molar-refractivity contribution in [1.82, 2.24) is 10.2 Å². The number of nitrogens with one attached hydrogen (secondary N) is 3. The first kappa shape index (κ1) is 42.8. The number of benzene rings is 3. The Morgan fingerprint density at radius 2 is 1.71 bits per heavy atom. The zero-order valence-corrected chi connectivity index (χ0v) is 32.1. The minimum absolute atomic E-state index is 0.0165. The van der Waals surface area contributed by atoms with E-state index in [-0.39, 0.29) is 52.5 Å². The third-order valence-corrected chi connectivity index (χ3v) is 8.38. The standard InChI is InChI=1S/C39H47N7O9/c1-23(43-30-20-27(53-7)14-15-32(30)54-8)35(45-40)37(51)44-26-17-25(39(2,3)4)18-28(19-26)55-33(49)21-42-29-12-9-11-24(22-48)34(29)38(52)46(6)31(13-10-16-47)36(50)41-5/h9,11-12,14-20,22,31,42H,10,13,21,40H2,1-8H3,(H,41,50)(H,44,51)/b43-23?,45-35+. The van der Waals surface area contributed by atoms with Crippen LogP contribution in [0.15, 0.2) is 64.7 Å². The number of hydrogen-bond acceptors (Lipinski definition) is 13. The highest BCUT2D eigenvalue weighted by Gasteiger charge is 2.30. The Kier molecular flexibility index (Phi) is 15.2. The number of ether oxygens (including phenoxy) is 3. The van der Waals surface area contributed by atoms with Crippen molar-refractivity contribution in [2.24, 2.45) is 15.9 Å².